The molecule has 1 saturated heterocycles. The number of halogens is 1. The van der Waals surface area contributed by atoms with Crippen LogP contribution in [0.4, 0.5) is 5.69 Å². The van der Waals surface area contributed by atoms with Gasteiger partial charge in [0.2, 0.25) is 0 Å². The molecule has 3 nitrogen and oxygen atoms in total. The van der Waals surface area contributed by atoms with E-state index in [0.29, 0.717) is 5.41 Å². The lowest BCUT2D eigenvalue weighted by Crippen LogP contribution is -2.50. The zero-order valence-electron chi connectivity index (χ0n) is 13.5. The second kappa shape index (κ2) is 7.48. The number of para-hydroxylation sites is 1. The predicted octanol–water partition coefficient (Wildman–Crippen LogP) is 3.10. The minimum absolute atomic E-state index is 0.322. The van der Waals surface area contributed by atoms with Crippen LogP contribution in [-0.2, 0) is 0 Å². The monoisotopic (exact) mass is 309 g/mol. The summed E-state index contributed by atoms with van der Waals surface area (Å²) in [6.07, 6.45) is 0. The molecular weight excluding hydrogens is 282 g/mol. The van der Waals surface area contributed by atoms with E-state index in [1.54, 1.807) is 0 Å². The molecule has 1 aliphatic rings. The van der Waals surface area contributed by atoms with Crippen LogP contribution < -0.4 is 10.2 Å². The van der Waals surface area contributed by atoms with Gasteiger partial charge >= 0.3 is 0 Å². The first-order valence-electron chi connectivity index (χ1n) is 7.94. The number of hydrogen-bond acceptors (Lipinski definition) is 3. The number of benzene rings is 1. The first-order chi connectivity index (χ1) is 10.0. The second-order valence-corrected chi connectivity index (χ2v) is 7.07. The van der Waals surface area contributed by atoms with Crippen molar-refractivity contribution in [2.75, 3.05) is 50.7 Å². The molecule has 4 heteroatoms. The summed E-state index contributed by atoms with van der Waals surface area (Å²) in [6, 6.07) is 8.15. The molecule has 2 rings (SSSR count). The number of rotatable bonds is 6. The van der Waals surface area contributed by atoms with Gasteiger partial charge in [-0.3, -0.25) is 4.90 Å². The number of piperazine rings is 1. The molecule has 0 atom stereocenters. The topological polar surface area (TPSA) is 18.5 Å². The summed E-state index contributed by atoms with van der Waals surface area (Å²) in [5.41, 5.74) is 1.49. The van der Waals surface area contributed by atoms with Crippen LogP contribution in [0.15, 0.2) is 24.3 Å². The van der Waals surface area contributed by atoms with E-state index in [9.17, 15) is 0 Å². The molecule has 0 aromatic heterocycles. The molecule has 0 spiro atoms. The Balaban J connectivity index is 1.85. The molecule has 0 amide bonds. The summed E-state index contributed by atoms with van der Waals surface area (Å²) < 4.78 is 0. The van der Waals surface area contributed by atoms with Gasteiger partial charge in [0.05, 0.1) is 10.7 Å². The van der Waals surface area contributed by atoms with Crippen LogP contribution in [0.2, 0.25) is 5.02 Å². The smallest absolute Gasteiger partial charge is 0.0639 e. The highest BCUT2D eigenvalue weighted by molar-refractivity contribution is 6.33. The predicted molar refractivity (Wildman–Crippen MR) is 92.4 cm³/mol. The Labute approximate surface area is 134 Å². The minimum atomic E-state index is 0.322. The number of hydrogen-bond donors (Lipinski definition) is 1. The van der Waals surface area contributed by atoms with Gasteiger partial charge in [0.25, 0.3) is 0 Å². The van der Waals surface area contributed by atoms with Crippen molar-refractivity contribution < 1.29 is 0 Å². The third-order valence-corrected chi connectivity index (χ3v) is 4.39. The summed E-state index contributed by atoms with van der Waals surface area (Å²) in [4.78, 5) is 4.97. The van der Waals surface area contributed by atoms with E-state index in [1.165, 1.54) is 5.69 Å². The van der Waals surface area contributed by atoms with E-state index in [4.69, 9.17) is 11.6 Å². The van der Waals surface area contributed by atoms with Crippen LogP contribution >= 0.6 is 11.6 Å². The third kappa shape index (κ3) is 4.87. The molecule has 1 aliphatic heterocycles. The molecule has 1 aromatic rings. The van der Waals surface area contributed by atoms with Gasteiger partial charge in [-0.1, -0.05) is 44.5 Å². The van der Waals surface area contributed by atoms with Gasteiger partial charge in [0, 0.05) is 39.3 Å². The van der Waals surface area contributed by atoms with Gasteiger partial charge in [-0.2, -0.15) is 0 Å². The SMILES string of the molecule is CCNCC(C)(C)CN1CCN(c2ccccc2Cl)CC1. The molecule has 0 unspecified atom stereocenters. The molecule has 1 N–H and O–H groups in total. The largest absolute Gasteiger partial charge is 0.368 e. The normalized spacial score (nSPS) is 17.2. The maximum Gasteiger partial charge on any atom is 0.0639 e. The Bertz CT molecular complexity index is 439. The Morgan fingerprint density at radius 3 is 2.43 bits per heavy atom. The van der Waals surface area contributed by atoms with Crippen molar-refractivity contribution in [3.8, 4) is 0 Å². The van der Waals surface area contributed by atoms with Crippen LogP contribution in [0.5, 0.6) is 0 Å². The van der Waals surface area contributed by atoms with Crippen molar-refractivity contribution >= 4 is 17.3 Å². The highest BCUT2D eigenvalue weighted by atomic mass is 35.5. The van der Waals surface area contributed by atoms with Crippen molar-refractivity contribution in [2.45, 2.75) is 20.8 Å². The quantitative estimate of drug-likeness (QED) is 0.871. The van der Waals surface area contributed by atoms with Crippen molar-refractivity contribution in [3.63, 3.8) is 0 Å². The van der Waals surface area contributed by atoms with Crippen molar-refractivity contribution in [2.24, 2.45) is 5.41 Å². The number of anilines is 1. The van der Waals surface area contributed by atoms with Gasteiger partial charge in [-0.25, -0.2) is 0 Å². The lowest BCUT2D eigenvalue weighted by molar-refractivity contribution is 0.167. The van der Waals surface area contributed by atoms with Crippen LogP contribution in [-0.4, -0.2) is 50.7 Å². The van der Waals surface area contributed by atoms with E-state index in [-0.39, 0.29) is 0 Å². The van der Waals surface area contributed by atoms with E-state index < -0.39 is 0 Å². The molecule has 0 bridgehead atoms. The lowest BCUT2D eigenvalue weighted by Gasteiger charge is -2.40. The zero-order valence-corrected chi connectivity index (χ0v) is 14.3. The standard InChI is InChI=1S/C17H28ClN3/c1-4-19-13-17(2,3)14-20-9-11-21(12-10-20)16-8-6-5-7-15(16)18/h5-8,19H,4,9-14H2,1-3H3. The average molecular weight is 310 g/mol. The van der Waals surface area contributed by atoms with Crippen molar-refractivity contribution in [1.82, 2.24) is 10.2 Å². The molecule has 0 radical (unpaired) electrons. The maximum absolute atomic E-state index is 6.29. The Hall–Kier alpha value is -0.770. The van der Waals surface area contributed by atoms with Crippen molar-refractivity contribution in [1.29, 1.82) is 0 Å². The van der Waals surface area contributed by atoms with Gasteiger partial charge < -0.3 is 10.2 Å². The van der Waals surface area contributed by atoms with E-state index in [2.05, 4.69) is 48.0 Å². The fraction of sp³-hybridized carbons (Fsp3) is 0.647. The fourth-order valence-corrected chi connectivity index (χ4v) is 3.23. The minimum Gasteiger partial charge on any atom is -0.368 e. The van der Waals surface area contributed by atoms with E-state index in [0.717, 1.165) is 50.8 Å². The first kappa shape index (κ1) is 16.6. The van der Waals surface area contributed by atoms with Gasteiger partial charge in [-0.05, 0) is 24.1 Å². The molecule has 21 heavy (non-hydrogen) atoms. The fourth-order valence-electron chi connectivity index (χ4n) is 2.98. The molecule has 0 saturated carbocycles. The summed E-state index contributed by atoms with van der Waals surface area (Å²) in [5.74, 6) is 0. The maximum atomic E-state index is 6.29. The number of nitrogens with one attached hydrogen (secondary N) is 1. The van der Waals surface area contributed by atoms with Crippen LogP contribution in [0, 0.1) is 5.41 Å². The molecule has 0 aliphatic carbocycles. The third-order valence-electron chi connectivity index (χ3n) is 4.07. The van der Waals surface area contributed by atoms with Gasteiger partial charge in [0.15, 0.2) is 0 Å². The molecular formula is C17H28ClN3. The van der Waals surface area contributed by atoms with Crippen LogP contribution in [0.1, 0.15) is 20.8 Å². The number of nitrogens with zero attached hydrogens (tertiary/aromatic N) is 2. The average Bonchev–Trinajstić information content (AvgIpc) is 2.46. The van der Waals surface area contributed by atoms with Gasteiger partial charge in [0.1, 0.15) is 0 Å². The lowest BCUT2D eigenvalue weighted by atomic mass is 9.92. The molecule has 1 aromatic carbocycles. The Morgan fingerprint density at radius 2 is 1.81 bits per heavy atom. The summed E-state index contributed by atoms with van der Waals surface area (Å²) >= 11 is 6.29. The molecule has 1 fully saturated rings. The summed E-state index contributed by atoms with van der Waals surface area (Å²) in [7, 11) is 0. The molecule has 1 heterocycles. The first-order valence-corrected chi connectivity index (χ1v) is 8.32. The Kier molecular flexibility index (Phi) is 5.91. The summed E-state index contributed by atoms with van der Waals surface area (Å²) in [6.45, 7) is 14.5. The van der Waals surface area contributed by atoms with E-state index in [1.807, 2.05) is 12.1 Å². The van der Waals surface area contributed by atoms with Crippen LogP contribution in [0.3, 0.4) is 0 Å². The summed E-state index contributed by atoms with van der Waals surface area (Å²) in [5, 5.41) is 4.33. The highest BCUT2D eigenvalue weighted by Gasteiger charge is 2.25. The van der Waals surface area contributed by atoms with Gasteiger partial charge in [-0.15, -0.1) is 0 Å². The zero-order chi connectivity index (χ0) is 15.3. The van der Waals surface area contributed by atoms with Crippen molar-refractivity contribution in [3.05, 3.63) is 29.3 Å². The van der Waals surface area contributed by atoms with Crippen LogP contribution in [0.25, 0.3) is 0 Å². The van der Waals surface area contributed by atoms with E-state index >= 15 is 0 Å². The molecule has 118 valence electrons. The highest BCUT2D eigenvalue weighted by Crippen LogP contribution is 2.26. The second-order valence-electron chi connectivity index (χ2n) is 6.66. The Morgan fingerprint density at radius 1 is 1.14 bits per heavy atom.